The lowest BCUT2D eigenvalue weighted by atomic mass is 9.96. The largest absolute Gasteiger partial charge is 0.336 e. The third-order valence-corrected chi connectivity index (χ3v) is 5.05. The van der Waals surface area contributed by atoms with Crippen LogP contribution in [0.1, 0.15) is 45.4 Å². The normalized spacial score (nSPS) is 30.1. The number of hydrogen-bond donors (Lipinski definition) is 2. The predicted molar refractivity (Wildman–Crippen MR) is 76.3 cm³/mol. The summed E-state index contributed by atoms with van der Waals surface area (Å²) >= 11 is 0. The SMILES string of the molecule is C[C@]1(C2CC2)NC(=O)N(CC(=O)NC2(C#N)CCCC2)C1=O. The highest BCUT2D eigenvalue weighted by molar-refractivity contribution is 6.09. The fourth-order valence-corrected chi connectivity index (χ4v) is 3.49. The van der Waals surface area contributed by atoms with Gasteiger partial charge >= 0.3 is 6.03 Å². The van der Waals surface area contributed by atoms with Crippen LogP contribution in [0.25, 0.3) is 0 Å². The molecule has 1 saturated heterocycles. The van der Waals surface area contributed by atoms with E-state index in [0.29, 0.717) is 12.8 Å². The van der Waals surface area contributed by atoms with Gasteiger partial charge in [-0.15, -0.1) is 0 Å². The van der Waals surface area contributed by atoms with Gasteiger partial charge in [0.1, 0.15) is 17.6 Å². The first kappa shape index (κ1) is 14.8. The molecule has 3 aliphatic rings. The highest BCUT2D eigenvalue weighted by Crippen LogP contribution is 2.42. The summed E-state index contributed by atoms with van der Waals surface area (Å²) in [5, 5.41) is 14.7. The van der Waals surface area contributed by atoms with E-state index in [-0.39, 0.29) is 18.4 Å². The minimum absolute atomic E-state index is 0.164. The number of nitrogens with one attached hydrogen (secondary N) is 2. The summed E-state index contributed by atoms with van der Waals surface area (Å²) in [5.41, 5.74) is -1.71. The monoisotopic (exact) mass is 304 g/mol. The summed E-state index contributed by atoms with van der Waals surface area (Å²) in [5.74, 6) is -0.628. The molecule has 0 unspecified atom stereocenters. The minimum atomic E-state index is -0.877. The van der Waals surface area contributed by atoms with Gasteiger partial charge in [-0.1, -0.05) is 0 Å². The minimum Gasteiger partial charge on any atom is -0.336 e. The van der Waals surface area contributed by atoms with Crippen LogP contribution in [0.5, 0.6) is 0 Å². The maximum atomic E-state index is 12.4. The van der Waals surface area contributed by atoms with E-state index in [1.54, 1.807) is 6.92 Å². The average molecular weight is 304 g/mol. The molecule has 0 spiro atoms. The van der Waals surface area contributed by atoms with Crippen molar-refractivity contribution in [2.75, 3.05) is 6.54 Å². The topological polar surface area (TPSA) is 102 Å². The molecule has 2 saturated carbocycles. The van der Waals surface area contributed by atoms with Crippen LogP contribution in [0.15, 0.2) is 0 Å². The Morgan fingerprint density at radius 1 is 1.41 bits per heavy atom. The Kier molecular flexibility index (Phi) is 3.35. The Hall–Kier alpha value is -2.10. The second-order valence-corrected chi connectivity index (χ2v) is 6.75. The molecule has 4 amide bonds. The van der Waals surface area contributed by atoms with Gasteiger partial charge in [0.25, 0.3) is 5.91 Å². The zero-order chi connectivity index (χ0) is 16.0. The third kappa shape index (κ3) is 2.32. The van der Waals surface area contributed by atoms with Crippen molar-refractivity contribution in [3.05, 3.63) is 0 Å². The van der Waals surface area contributed by atoms with E-state index in [9.17, 15) is 19.6 Å². The molecule has 0 aromatic carbocycles. The molecule has 2 N–H and O–H groups in total. The van der Waals surface area contributed by atoms with E-state index in [2.05, 4.69) is 16.7 Å². The Labute approximate surface area is 129 Å². The Bertz CT molecular complexity index is 572. The van der Waals surface area contributed by atoms with Crippen molar-refractivity contribution < 1.29 is 14.4 Å². The first-order valence-corrected chi connectivity index (χ1v) is 7.77. The zero-order valence-corrected chi connectivity index (χ0v) is 12.6. The number of hydrogen-bond acceptors (Lipinski definition) is 4. The maximum absolute atomic E-state index is 12.4. The first-order valence-electron chi connectivity index (χ1n) is 7.77. The molecule has 3 fully saturated rings. The molecule has 2 aliphatic carbocycles. The highest BCUT2D eigenvalue weighted by Gasteiger charge is 2.56. The number of urea groups is 1. The average Bonchev–Trinajstić information content (AvgIpc) is 3.21. The van der Waals surface area contributed by atoms with E-state index < -0.39 is 23.0 Å². The number of carbonyl (C=O) groups excluding carboxylic acids is 3. The van der Waals surface area contributed by atoms with Gasteiger partial charge in [-0.3, -0.25) is 14.5 Å². The molecule has 1 aliphatic heterocycles. The van der Waals surface area contributed by atoms with E-state index in [0.717, 1.165) is 30.6 Å². The number of nitriles is 1. The predicted octanol–water partition coefficient (Wildman–Crippen LogP) is 0.659. The van der Waals surface area contributed by atoms with Crippen molar-refractivity contribution in [2.45, 2.75) is 56.5 Å². The van der Waals surface area contributed by atoms with Gasteiger partial charge in [0.05, 0.1) is 6.07 Å². The quantitative estimate of drug-likeness (QED) is 0.745. The standard InChI is InChI=1S/C15H20N4O3/c1-14(10-4-5-10)12(21)19(13(22)18-14)8-11(20)17-15(9-16)6-2-3-7-15/h10H,2-8H2,1H3,(H,17,20)(H,18,22)/t14-/m1/s1. The Balaban J connectivity index is 1.65. The lowest BCUT2D eigenvalue weighted by Crippen LogP contribution is -2.51. The third-order valence-electron chi connectivity index (χ3n) is 5.05. The second kappa shape index (κ2) is 4.97. The highest BCUT2D eigenvalue weighted by atomic mass is 16.2. The van der Waals surface area contributed by atoms with Crippen LogP contribution in [0, 0.1) is 17.2 Å². The lowest BCUT2D eigenvalue weighted by Gasteiger charge is -2.24. The van der Waals surface area contributed by atoms with Gasteiger partial charge in [-0.2, -0.15) is 5.26 Å². The molecular formula is C15H20N4O3. The van der Waals surface area contributed by atoms with Crippen LogP contribution >= 0.6 is 0 Å². The van der Waals surface area contributed by atoms with Crippen LogP contribution in [-0.4, -0.2) is 40.4 Å². The lowest BCUT2D eigenvalue weighted by molar-refractivity contribution is -0.135. The maximum Gasteiger partial charge on any atom is 0.325 e. The van der Waals surface area contributed by atoms with Gasteiger partial charge in [-0.25, -0.2) is 4.79 Å². The smallest absolute Gasteiger partial charge is 0.325 e. The van der Waals surface area contributed by atoms with Crippen molar-refractivity contribution in [3.8, 4) is 6.07 Å². The summed E-state index contributed by atoms with van der Waals surface area (Å²) in [6.07, 6.45) is 4.87. The molecule has 1 heterocycles. The Morgan fingerprint density at radius 2 is 2.05 bits per heavy atom. The number of rotatable bonds is 4. The number of carbonyl (C=O) groups is 3. The molecule has 0 radical (unpaired) electrons. The fraction of sp³-hybridized carbons (Fsp3) is 0.733. The molecule has 7 nitrogen and oxygen atoms in total. The van der Waals surface area contributed by atoms with Gasteiger partial charge in [0.2, 0.25) is 5.91 Å². The van der Waals surface area contributed by atoms with Crippen molar-refractivity contribution in [1.82, 2.24) is 15.5 Å². The fourth-order valence-electron chi connectivity index (χ4n) is 3.49. The van der Waals surface area contributed by atoms with Gasteiger partial charge in [0, 0.05) is 0 Å². The van der Waals surface area contributed by atoms with Crippen LogP contribution < -0.4 is 10.6 Å². The van der Waals surface area contributed by atoms with Crippen molar-refractivity contribution in [2.24, 2.45) is 5.92 Å². The second-order valence-electron chi connectivity index (χ2n) is 6.75. The number of amides is 4. The van der Waals surface area contributed by atoms with Crippen LogP contribution in [0.3, 0.4) is 0 Å². The van der Waals surface area contributed by atoms with Crippen LogP contribution in [0.4, 0.5) is 4.79 Å². The molecule has 0 aromatic heterocycles. The Morgan fingerprint density at radius 3 is 2.59 bits per heavy atom. The summed E-state index contributed by atoms with van der Waals surface area (Å²) in [4.78, 5) is 37.6. The number of imide groups is 1. The molecule has 1 atom stereocenters. The van der Waals surface area contributed by atoms with Gasteiger partial charge < -0.3 is 10.6 Å². The molecular weight excluding hydrogens is 284 g/mol. The molecule has 22 heavy (non-hydrogen) atoms. The van der Waals surface area contributed by atoms with Crippen LogP contribution in [0.2, 0.25) is 0 Å². The summed E-state index contributed by atoms with van der Waals surface area (Å²) in [7, 11) is 0. The van der Waals surface area contributed by atoms with Crippen LogP contribution in [-0.2, 0) is 9.59 Å². The van der Waals surface area contributed by atoms with E-state index in [4.69, 9.17) is 0 Å². The summed E-state index contributed by atoms with van der Waals surface area (Å²) in [6.45, 7) is 1.40. The molecule has 3 rings (SSSR count). The molecule has 0 bridgehead atoms. The van der Waals surface area contributed by atoms with Crippen molar-refractivity contribution in [3.63, 3.8) is 0 Å². The van der Waals surface area contributed by atoms with E-state index in [1.807, 2.05) is 0 Å². The van der Waals surface area contributed by atoms with Gasteiger partial charge in [-0.05, 0) is 51.4 Å². The summed E-state index contributed by atoms with van der Waals surface area (Å²) < 4.78 is 0. The molecule has 0 aromatic rings. The van der Waals surface area contributed by atoms with Gasteiger partial charge in [0.15, 0.2) is 0 Å². The van der Waals surface area contributed by atoms with Crippen molar-refractivity contribution in [1.29, 1.82) is 5.26 Å². The molecule has 118 valence electrons. The van der Waals surface area contributed by atoms with Crippen molar-refractivity contribution >= 4 is 17.8 Å². The zero-order valence-electron chi connectivity index (χ0n) is 12.6. The summed E-state index contributed by atoms with van der Waals surface area (Å²) in [6, 6.07) is 1.64. The first-order chi connectivity index (χ1) is 10.4. The van der Waals surface area contributed by atoms with E-state index in [1.165, 1.54) is 0 Å². The van der Waals surface area contributed by atoms with E-state index >= 15 is 0 Å². The molecule has 7 heteroatoms. The number of nitrogens with zero attached hydrogens (tertiary/aromatic N) is 2.